The molecule has 0 fully saturated rings. The fraction of sp³-hybridized carbons (Fsp3) is 0.300. The van der Waals surface area contributed by atoms with Gasteiger partial charge in [0.05, 0.1) is 5.69 Å². The van der Waals surface area contributed by atoms with Gasteiger partial charge in [0.15, 0.2) is 0 Å². The van der Waals surface area contributed by atoms with Crippen LogP contribution in [0, 0.1) is 0 Å². The third kappa shape index (κ3) is 2.14. The summed E-state index contributed by atoms with van der Waals surface area (Å²) >= 11 is 0. The number of halogens is 2. The van der Waals surface area contributed by atoms with Gasteiger partial charge in [-0.05, 0) is 35.0 Å². The second kappa shape index (κ2) is 4.17. The molecule has 0 radical (unpaired) electrons. The number of alkyl halides is 2. The van der Waals surface area contributed by atoms with E-state index < -0.39 is 12.0 Å². The normalized spacial score (nSPS) is 14.9. The molecule has 0 aliphatic rings. The molecule has 0 saturated carbocycles. The zero-order valence-corrected chi connectivity index (χ0v) is 8.96. The van der Waals surface area contributed by atoms with Gasteiger partial charge in [0.2, 0.25) is 0 Å². The molecule has 0 spiro atoms. The Hall–Kier alpha value is -1.89. The molecule has 7 heteroatoms. The van der Waals surface area contributed by atoms with Gasteiger partial charge in [-0.2, -0.15) is 0 Å². The van der Waals surface area contributed by atoms with E-state index >= 15 is 0 Å². The number of benzene rings is 1. The Morgan fingerprint density at radius 3 is 2.76 bits per heavy atom. The second-order valence-corrected chi connectivity index (χ2v) is 3.75. The van der Waals surface area contributed by atoms with Crippen LogP contribution in [0.15, 0.2) is 30.6 Å². The van der Waals surface area contributed by atoms with Gasteiger partial charge in [-0.25, -0.2) is 13.5 Å². The summed E-state index contributed by atoms with van der Waals surface area (Å²) in [7, 11) is 0. The highest BCUT2D eigenvalue weighted by Crippen LogP contribution is 2.28. The van der Waals surface area contributed by atoms with Crippen molar-refractivity contribution < 1.29 is 13.9 Å². The van der Waals surface area contributed by atoms with Crippen molar-refractivity contribution in [2.45, 2.75) is 19.0 Å². The summed E-state index contributed by atoms with van der Waals surface area (Å²) in [5.41, 5.74) is -1.57. The van der Waals surface area contributed by atoms with Crippen molar-refractivity contribution in [1.29, 1.82) is 0 Å². The molecule has 2 rings (SSSR count). The Morgan fingerprint density at radius 2 is 2.18 bits per heavy atom. The third-order valence-corrected chi connectivity index (χ3v) is 2.47. The van der Waals surface area contributed by atoms with Crippen molar-refractivity contribution in [2.75, 3.05) is 0 Å². The number of nitrogens with zero attached hydrogens (tertiary/aromatic N) is 4. The molecular weight excluding hydrogens is 230 g/mol. The van der Waals surface area contributed by atoms with Crippen molar-refractivity contribution >= 4 is 0 Å². The van der Waals surface area contributed by atoms with Gasteiger partial charge in [-0.3, -0.25) is 0 Å². The van der Waals surface area contributed by atoms with Gasteiger partial charge in [0, 0.05) is 0 Å². The Morgan fingerprint density at radius 1 is 1.41 bits per heavy atom. The molecule has 0 aliphatic heterocycles. The van der Waals surface area contributed by atoms with Crippen LogP contribution in [0.2, 0.25) is 0 Å². The first-order chi connectivity index (χ1) is 8.01. The Bertz CT molecular complexity index is 499. The van der Waals surface area contributed by atoms with Crippen LogP contribution < -0.4 is 0 Å². The highest BCUT2D eigenvalue weighted by atomic mass is 19.3. The number of hydrogen-bond donors (Lipinski definition) is 1. The average Bonchev–Trinajstić information content (AvgIpc) is 2.82. The van der Waals surface area contributed by atoms with Gasteiger partial charge in [-0.15, -0.1) is 5.10 Å². The maximum Gasteiger partial charge on any atom is 0.270 e. The van der Waals surface area contributed by atoms with E-state index in [4.69, 9.17) is 0 Å². The molecule has 2 aromatic rings. The minimum atomic E-state index is -2.87. The van der Waals surface area contributed by atoms with Crippen LogP contribution in [0.25, 0.3) is 5.69 Å². The van der Waals surface area contributed by atoms with E-state index in [1.54, 1.807) is 12.1 Å². The van der Waals surface area contributed by atoms with E-state index in [1.807, 2.05) is 0 Å². The molecule has 0 amide bonds. The summed E-state index contributed by atoms with van der Waals surface area (Å²) in [4.78, 5) is 0. The maximum atomic E-state index is 12.7. The van der Waals surface area contributed by atoms with Crippen LogP contribution in [0.1, 0.15) is 12.5 Å². The SMILES string of the molecule is CC(O)(c1cccc(-n2cnnn2)c1)C(F)F. The van der Waals surface area contributed by atoms with E-state index in [-0.39, 0.29) is 5.56 Å². The zero-order valence-electron chi connectivity index (χ0n) is 8.96. The smallest absolute Gasteiger partial charge is 0.270 e. The molecule has 5 nitrogen and oxygen atoms in total. The third-order valence-electron chi connectivity index (χ3n) is 2.47. The molecule has 1 heterocycles. The van der Waals surface area contributed by atoms with Crippen LogP contribution in [0.5, 0.6) is 0 Å². The first-order valence-electron chi connectivity index (χ1n) is 4.86. The molecule has 0 aliphatic carbocycles. The van der Waals surface area contributed by atoms with Gasteiger partial charge < -0.3 is 5.11 Å². The van der Waals surface area contributed by atoms with Crippen molar-refractivity contribution in [3.8, 4) is 5.69 Å². The second-order valence-electron chi connectivity index (χ2n) is 3.75. The van der Waals surface area contributed by atoms with Crippen molar-refractivity contribution in [1.82, 2.24) is 20.2 Å². The molecule has 17 heavy (non-hydrogen) atoms. The van der Waals surface area contributed by atoms with E-state index in [1.165, 1.54) is 23.1 Å². The highest BCUT2D eigenvalue weighted by molar-refractivity contribution is 5.37. The number of aliphatic hydroxyl groups is 1. The Balaban J connectivity index is 2.42. The minimum Gasteiger partial charge on any atom is -0.379 e. The highest BCUT2D eigenvalue weighted by Gasteiger charge is 2.34. The summed E-state index contributed by atoms with van der Waals surface area (Å²) in [5, 5.41) is 20.2. The van der Waals surface area contributed by atoms with Gasteiger partial charge in [0.25, 0.3) is 6.43 Å². The molecule has 90 valence electrons. The minimum absolute atomic E-state index is 0.112. The van der Waals surface area contributed by atoms with Gasteiger partial charge in [-0.1, -0.05) is 12.1 Å². The predicted octanol–water partition coefficient (Wildman–Crippen LogP) is 1.13. The number of aromatic nitrogens is 4. The van der Waals surface area contributed by atoms with Crippen molar-refractivity contribution in [3.05, 3.63) is 36.2 Å². The van der Waals surface area contributed by atoms with Crippen LogP contribution in [0.3, 0.4) is 0 Å². The molecule has 0 saturated heterocycles. The first kappa shape index (κ1) is 11.6. The molecule has 0 bridgehead atoms. The lowest BCUT2D eigenvalue weighted by molar-refractivity contribution is -0.0883. The summed E-state index contributed by atoms with van der Waals surface area (Å²) in [6, 6.07) is 6.06. The topological polar surface area (TPSA) is 63.8 Å². The zero-order chi connectivity index (χ0) is 12.5. The molecule has 1 aromatic carbocycles. The summed E-state index contributed by atoms with van der Waals surface area (Å²) in [5.74, 6) is 0. The number of rotatable bonds is 3. The molecule has 1 unspecified atom stereocenters. The molecule has 1 atom stereocenters. The number of tetrazole rings is 1. The Kier molecular flexibility index (Phi) is 2.84. The van der Waals surface area contributed by atoms with E-state index in [0.29, 0.717) is 5.69 Å². The molecule has 1 aromatic heterocycles. The van der Waals surface area contributed by atoms with Crippen molar-refractivity contribution in [3.63, 3.8) is 0 Å². The fourth-order valence-electron chi connectivity index (χ4n) is 1.37. The lowest BCUT2D eigenvalue weighted by atomic mass is 9.96. The van der Waals surface area contributed by atoms with Crippen molar-refractivity contribution in [2.24, 2.45) is 0 Å². The van der Waals surface area contributed by atoms with E-state index in [2.05, 4.69) is 15.5 Å². The van der Waals surface area contributed by atoms with Gasteiger partial charge >= 0.3 is 0 Å². The van der Waals surface area contributed by atoms with Crippen LogP contribution in [0.4, 0.5) is 8.78 Å². The first-order valence-corrected chi connectivity index (χ1v) is 4.86. The van der Waals surface area contributed by atoms with Crippen LogP contribution in [-0.2, 0) is 5.60 Å². The van der Waals surface area contributed by atoms with Gasteiger partial charge in [0.1, 0.15) is 11.9 Å². The fourth-order valence-corrected chi connectivity index (χ4v) is 1.37. The summed E-state index contributed by atoms with van der Waals surface area (Å²) in [6.07, 6.45) is -1.53. The molecule has 1 N–H and O–H groups in total. The maximum absolute atomic E-state index is 12.7. The lowest BCUT2D eigenvalue weighted by Gasteiger charge is -2.23. The lowest BCUT2D eigenvalue weighted by Crippen LogP contribution is -2.30. The van der Waals surface area contributed by atoms with E-state index in [9.17, 15) is 13.9 Å². The monoisotopic (exact) mass is 240 g/mol. The average molecular weight is 240 g/mol. The summed E-state index contributed by atoms with van der Waals surface area (Å²) in [6.45, 7) is 1.07. The standard InChI is InChI=1S/C10H10F2N4O/c1-10(17,9(11)12)7-3-2-4-8(5-7)16-6-13-14-15-16/h2-6,9,17H,1H3. The van der Waals surface area contributed by atoms with Crippen LogP contribution >= 0.6 is 0 Å². The number of hydrogen-bond acceptors (Lipinski definition) is 4. The quantitative estimate of drug-likeness (QED) is 0.873. The summed E-state index contributed by atoms with van der Waals surface area (Å²) < 4.78 is 26.7. The van der Waals surface area contributed by atoms with Crippen LogP contribution in [-0.4, -0.2) is 31.7 Å². The Labute approximate surface area is 95.7 Å². The van der Waals surface area contributed by atoms with E-state index in [0.717, 1.165) is 6.92 Å². The molecular formula is C10H10F2N4O. The largest absolute Gasteiger partial charge is 0.379 e. The predicted molar refractivity (Wildman–Crippen MR) is 54.7 cm³/mol.